The number of carbonyl (C=O) groups is 4. The highest BCUT2D eigenvalue weighted by Crippen LogP contribution is 2.58. The predicted octanol–water partition coefficient (Wildman–Crippen LogP) is 6.02. The topological polar surface area (TPSA) is 123 Å². The van der Waals surface area contributed by atoms with E-state index in [9.17, 15) is 19.2 Å². The molecule has 1 heterocycles. The van der Waals surface area contributed by atoms with Crippen molar-refractivity contribution in [3.63, 3.8) is 0 Å². The number of ether oxygens (including phenoxy) is 2. The van der Waals surface area contributed by atoms with Crippen LogP contribution in [0.5, 0.6) is 0 Å². The van der Waals surface area contributed by atoms with E-state index in [4.69, 9.17) is 32.7 Å². The molecule has 1 aliphatic heterocycles. The molecule has 242 valence electrons. The summed E-state index contributed by atoms with van der Waals surface area (Å²) in [5.41, 5.74) is 1.21. The van der Waals surface area contributed by atoms with Crippen molar-refractivity contribution in [2.75, 3.05) is 13.7 Å². The van der Waals surface area contributed by atoms with Gasteiger partial charge in [0.15, 0.2) is 0 Å². The Morgan fingerprint density at radius 3 is 2.27 bits per heavy atom. The number of amides is 3. The van der Waals surface area contributed by atoms with Crippen LogP contribution >= 0.6 is 23.2 Å². The number of hydrogen-bond donors (Lipinski definition) is 3. The molecule has 0 bridgehead atoms. The van der Waals surface area contributed by atoms with Gasteiger partial charge in [0.1, 0.15) is 18.2 Å². The Labute approximate surface area is 274 Å². The van der Waals surface area contributed by atoms with E-state index in [2.05, 4.69) is 16.0 Å². The van der Waals surface area contributed by atoms with Crippen LogP contribution in [-0.4, -0.2) is 49.6 Å². The number of methoxy groups -OCH3 is 1. The maximum atomic E-state index is 13.8. The van der Waals surface area contributed by atoms with Crippen LogP contribution in [0.2, 0.25) is 10.0 Å². The minimum Gasteiger partial charge on any atom is -0.467 e. The van der Waals surface area contributed by atoms with Gasteiger partial charge in [-0.25, -0.2) is 9.59 Å². The average Bonchev–Trinajstić information content (AvgIpc) is 3.74. The molecule has 2 aromatic rings. The Balaban J connectivity index is 1.36. The Morgan fingerprint density at radius 1 is 0.933 bits per heavy atom. The van der Waals surface area contributed by atoms with Crippen molar-refractivity contribution in [3.05, 3.63) is 69.7 Å². The van der Waals surface area contributed by atoms with Crippen LogP contribution in [-0.2, 0) is 29.3 Å². The van der Waals surface area contributed by atoms with Crippen LogP contribution in [0.4, 0.5) is 4.79 Å². The molecule has 0 spiro atoms. The number of alkyl carbamates (subject to hydrolysis) is 1. The standard InChI is InChI=1S/C34H41Cl2N3O6/c1-44-32(42)28(19-23-13-16-37-30(23)40)38-31(41)27(17-21-7-3-2-4-8-21)39-33(43)45-29(22-9-5-11-25(35)18-22)34(14-15-34)24-10-6-12-26(36)20-24/h5-6,9-12,18,20-21,23,27-29H,2-4,7-8,13-17,19H2,1H3,(H,37,40)(H,38,41)(H,39,43)/t23?,27-,28-,29?/m0/s1. The fourth-order valence-electron chi connectivity index (χ4n) is 6.86. The molecule has 2 aromatic carbocycles. The zero-order valence-electron chi connectivity index (χ0n) is 25.5. The molecule has 2 unspecified atom stereocenters. The van der Waals surface area contributed by atoms with Crippen molar-refractivity contribution in [2.24, 2.45) is 11.8 Å². The van der Waals surface area contributed by atoms with Crippen LogP contribution in [0.25, 0.3) is 0 Å². The van der Waals surface area contributed by atoms with Gasteiger partial charge in [-0.05, 0) is 73.4 Å². The number of halogens is 2. The first kappa shape index (κ1) is 33.1. The number of esters is 1. The van der Waals surface area contributed by atoms with Gasteiger partial charge in [-0.3, -0.25) is 9.59 Å². The lowest BCUT2D eigenvalue weighted by atomic mass is 9.84. The highest BCUT2D eigenvalue weighted by molar-refractivity contribution is 6.31. The van der Waals surface area contributed by atoms with E-state index >= 15 is 0 Å². The molecule has 3 amide bonds. The summed E-state index contributed by atoms with van der Waals surface area (Å²) >= 11 is 12.7. The van der Waals surface area contributed by atoms with Gasteiger partial charge in [0.05, 0.1) is 7.11 Å². The van der Waals surface area contributed by atoms with Gasteiger partial charge in [0, 0.05) is 27.9 Å². The van der Waals surface area contributed by atoms with Crippen molar-refractivity contribution >= 4 is 47.1 Å². The number of nitrogens with one attached hydrogen (secondary N) is 3. The van der Waals surface area contributed by atoms with E-state index in [1.165, 1.54) is 7.11 Å². The Bertz CT molecular complexity index is 1390. The summed E-state index contributed by atoms with van der Waals surface area (Å²) in [6.07, 6.45) is 6.38. The Morgan fingerprint density at radius 2 is 1.64 bits per heavy atom. The largest absolute Gasteiger partial charge is 0.467 e. The van der Waals surface area contributed by atoms with Gasteiger partial charge in [0.2, 0.25) is 11.8 Å². The van der Waals surface area contributed by atoms with Gasteiger partial charge in [-0.2, -0.15) is 0 Å². The van der Waals surface area contributed by atoms with Crippen molar-refractivity contribution in [1.29, 1.82) is 0 Å². The minimum atomic E-state index is -1.03. The summed E-state index contributed by atoms with van der Waals surface area (Å²) in [4.78, 5) is 52.4. The van der Waals surface area contributed by atoms with E-state index in [0.29, 0.717) is 29.4 Å². The third kappa shape index (κ3) is 8.30. The molecule has 11 heteroatoms. The van der Waals surface area contributed by atoms with Crippen molar-refractivity contribution in [2.45, 2.75) is 87.8 Å². The molecule has 2 saturated carbocycles. The average molecular weight is 659 g/mol. The molecular formula is C34H41Cl2N3O6. The fourth-order valence-corrected chi connectivity index (χ4v) is 7.25. The normalized spacial score (nSPS) is 21.1. The molecule has 1 saturated heterocycles. The van der Waals surface area contributed by atoms with Gasteiger partial charge in [-0.15, -0.1) is 0 Å². The molecule has 3 fully saturated rings. The molecule has 45 heavy (non-hydrogen) atoms. The maximum Gasteiger partial charge on any atom is 0.408 e. The molecule has 4 atom stereocenters. The maximum absolute atomic E-state index is 13.8. The van der Waals surface area contributed by atoms with E-state index in [1.807, 2.05) is 30.3 Å². The summed E-state index contributed by atoms with van der Waals surface area (Å²) in [6, 6.07) is 12.8. The summed E-state index contributed by atoms with van der Waals surface area (Å²) in [5.74, 6) is -1.48. The third-order valence-corrected chi connectivity index (χ3v) is 9.92. The smallest absolute Gasteiger partial charge is 0.408 e. The van der Waals surface area contributed by atoms with E-state index < -0.39 is 47.5 Å². The SMILES string of the molecule is COC(=O)[C@H](CC1CCNC1=O)NC(=O)[C@H](CC1CCCCC1)NC(=O)OC(c1cccc(Cl)c1)C1(c2cccc(Cl)c2)CC1. The van der Waals surface area contributed by atoms with Crippen molar-refractivity contribution < 1.29 is 28.7 Å². The molecule has 5 rings (SSSR count). The third-order valence-electron chi connectivity index (χ3n) is 9.45. The van der Waals surface area contributed by atoms with Gasteiger partial charge in [0.25, 0.3) is 0 Å². The molecule has 3 N–H and O–H groups in total. The number of rotatable bonds is 12. The zero-order valence-corrected chi connectivity index (χ0v) is 27.0. The predicted molar refractivity (Wildman–Crippen MR) is 171 cm³/mol. The Kier molecular flexibility index (Phi) is 10.9. The summed E-state index contributed by atoms with van der Waals surface area (Å²) < 4.78 is 11.2. The second-order valence-corrected chi connectivity index (χ2v) is 13.4. The van der Waals surface area contributed by atoms with Crippen LogP contribution in [0.3, 0.4) is 0 Å². The number of carbonyl (C=O) groups excluding carboxylic acids is 4. The molecule has 0 radical (unpaired) electrons. The second kappa shape index (κ2) is 14.9. The number of hydrogen-bond acceptors (Lipinski definition) is 6. The van der Waals surface area contributed by atoms with Crippen LogP contribution in [0.1, 0.15) is 81.4 Å². The van der Waals surface area contributed by atoms with Gasteiger partial charge in [-0.1, -0.05) is 79.6 Å². The first-order valence-electron chi connectivity index (χ1n) is 15.8. The molecular weight excluding hydrogens is 617 g/mol. The first-order valence-corrected chi connectivity index (χ1v) is 16.6. The summed E-state index contributed by atoms with van der Waals surface area (Å²) in [6.45, 7) is 0.521. The van der Waals surface area contributed by atoms with Crippen LogP contribution in [0, 0.1) is 11.8 Å². The van der Waals surface area contributed by atoms with Gasteiger partial charge >= 0.3 is 12.1 Å². The lowest BCUT2D eigenvalue weighted by molar-refractivity contribution is -0.146. The van der Waals surface area contributed by atoms with Crippen LogP contribution < -0.4 is 16.0 Å². The first-order chi connectivity index (χ1) is 21.7. The van der Waals surface area contributed by atoms with Crippen LogP contribution in [0.15, 0.2) is 48.5 Å². The fraction of sp³-hybridized carbons (Fsp3) is 0.529. The lowest BCUT2D eigenvalue weighted by Crippen LogP contribution is -2.53. The van der Waals surface area contributed by atoms with Crippen molar-refractivity contribution in [1.82, 2.24) is 16.0 Å². The Hall–Kier alpha value is -3.30. The highest BCUT2D eigenvalue weighted by atomic mass is 35.5. The lowest BCUT2D eigenvalue weighted by Gasteiger charge is -2.31. The summed E-state index contributed by atoms with van der Waals surface area (Å²) in [7, 11) is 1.24. The monoisotopic (exact) mass is 657 g/mol. The highest BCUT2D eigenvalue weighted by Gasteiger charge is 2.54. The van der Waals surface area contributed by atoms with Crippen molar-refractivity contribution in [3.8, 4) is 0 Å². The second-order valence-electron chi connectivity index (χ2n) is 12.5. The van der Waals surface area contributed by atoms with E-state index in [1.54, 1.807) is 18.2 Å². The number of benzene rings is 2. The zero-order chi connectivity index (χ0) is 32.0. The minimum absolute atomic E-state index is 0.115. The molecule has 9 nitrogen and oxygen atoms in total. The van der Waals surface area contributed by atoms with E-state index in [-0.39, 0.29) is 18.2 Å². The molecule has 0 aromatic heterocycles. The quantitative estimate of drug-likeness (QED) is 0.240. The molecule has 2 aliphatic carbocycles. The van der Waals surface area contributed by atoms with E-state index in [0.717, 1.165) is 56.1 Å². The van der Waals surface area contributed by atoms with Gasteiger partial charge < -0.3 is 25.4 Å². The molecule has 3 aliphatic rings. The summed E-state index contributed by atoms with van der Waals surface area (Å²) in [5, 5.41) is 9.49.